The van der Waals surface area contributed by atoms with Gasteiger partial charge in [-0.15, -0.1) is 0 Å². The molecule has 1 radical (unpaired) electrons. The van der Waals surface area contributed by atoms with Gasteiger partial charge in [-0.25, -0.2) is 14.4 Å². The Kier molecular flexibility index (Phi) is 13.4. The van der Waals surface area contributed by atoms with Crippen molar-refractivity contribution in [3.63, 3.8) is 0 Å². The molecule has 6 nitrogen and oxygen atoms in total. The topological polar surface area (TPSA) is 112 Å². The van der Waals surface area contributed by atoms with Gasteiger partial charge >= 0.3 is 36.4 Å². The van der Waals surface area contributed by atoms with Gasteiger partial charge in [0.15, 0.2) is 0 Å². The summed E-state index contributed by atoms with van der Waals surface area (Å²) < 4.78 is 95.2. The van der Waals surface area contributed by atoms with Crippen LogP contribution in [0.25, 0.3) is 0 Å². The Morgan fingerprint density at radius 3 is 0.545 bits per heavy atom. The van der Waals surface area contributed by atoms with E-state index < -0.39 is 36.4 Å². The van der Waals surface area contributed by atoms with Crippen LogP contribution in [0.5, 0.6) is 0 Å². The quantitative estimate of drug-likeness (QED) is 0.321. The molecular formula is C6H3AuF9O6. The normalized spacial score (nSPS) is 10.8. The molecule has 0 fully saturated rings. The Morgan fingerprint density at radius 2 is 0.545 bits per heavy atom. The van der Waals surface area contributed by atoms with Crippen LogP contribution in [0.15, 0.2) is 0 Å². The molecule has 3 N–H and O–H groups in total. The van der Waals surface area contributed by atoms with E-state index in [2.05, 4.69) is 0 Å². The fourth-order valence-corrected chi connectivity index (χ4v) is 0. The Balaban J connectivity index is -0.000000108. The van der Waals surface area contributed by atoms with E-state index in [1.807, 2.05) is 0 Å². The molecule has 22 heavy (non-hydrogen) atoms. The zero-order valence-corrected chi connectivity index (χ0v) is 11.4. The Bertz CT molecular complexity index is 313. The molecule has 0 aromatic rings. The van der Waals surface area contributed by atoms with Gasteiger partial charge in [-0.2, -0.15) is 39.5 Å². The van der Waals surface area contributed by atoms with Gasteiger partial charge in [-0.3, -0.25) is 0 Å². The van der Waals surface area contributed by atoms with Gasteiger partial charge in [0.25, 0.3) is 0 Å². The standard InChI is InChI=1S/3C2HF3O2.Au/c3*3-2(4,5)1(6)7;/h3*(H,6,7);. The summed E-state index contributed by atoms with van der Waals surface area (Å²) in [5, 5.41) is 21.4. The Morgan fingerprint density at radius 1 is 0.500 bits per heavy atom. The van der Waals surface area contributed by atoms with Crippen LogP contribution >= 0.6 is 0 Å². The molecule has 0 amide bonds. The van der Waals surface area contributed by atoms with Crippen molar-refractivity contribution in [2.45, 2.75) is 18.5 Å². The molecule has 0 aromatic heterocycles. The van der Waals surface area contributed by atoms with Crippen LogP contribution in [-0.4, -0.2) is 51.8 Å². The number of carbonyl (C=O) groups is 3. The molecule has 137 valence electrons. The van der Waals surface area contributed by atoms with Gasteiger partial charge in [0.2, 0.25) is 0 Å². The van der Waals surface area contributed by atoms with Crippen LogP contribution in [-0.2, 0) is 36.8 Å². The van der Waals surface area contributed by atoms with Crippen molar-refractivity contribution in [1.29, 1.82) is 0 Å². The largest absolute Gasteiger partial charge is 0.490 e. The van der Waals surface area contributed by atoms with E-state index in [-0.39, 0.29) is 22.4 Å². The van der Waals surface area contributed by atoms with E-state index in [0.717, 1.165) is 0 Å². The van der Waals surface area contributed by atoms with Gasteiger partial charge in [-0.1, -0.05) is 0 Å². The molecule has 0 spiro atoms. The smallest absolute Gasteiger partial charge is 0.475 e. The van der Waals surface area contributed by atoms with Crippen LogP contribution in [0.3, 0.4) is 0 Å². The summed E-state index contributed by atoms with van der Waals surface area (Å²) in [5.41, 5.74) is 0. The van der Waals surface area contributed by atoms with Gasteiger partial charge in [-0.05, 0) is 0 Å². The molecule has 0 aliphatic rings. The van der Waals surface area contributed by atoms with Crippen LogP contribution in [0.2, 0.25) is 0 Å². The van der Waals surface area contributed by atoms with Gasteiger partial charge in [0.1, 0.15) is 0 Å². The molecule has 0 unspecified atom stereocenters. The van der Waals surface area contributed by atoms with Crippen LogP contribution < -0.4 is 0 Å². The number of hydrogen-bond donors (Lipinski definition) is 3. The summed E-state index contributed by atoms with van der Waals surface area (Å²) in [6, 6.07) is 0. The van der Waals surface area contributed by atoms with Crippen molar-refractivity contribution >= 4 is 17.9 Å². The molecule has 0 saturated carbocycles. The van der Waals surface area contributed by atoms with E-state index in [0.29, 0.717) is 0 Å². The van der Waals surface area contributed by atoms with Gasteiger partial charge < -0.3 is 15.3 Å². The molecule has 0 saturated heterocycles. The molecule has 0 aliphatic carbocycles. The third-order valence-electron chi connectivity index (χ3n) is 0.728. The maximum atomic E-state index is 10.6. The number of halogens is 9. The molecular weight excluding hydrogens is 536 g/mol. The van der Waals surface area contributed by atoms with Crippen molar-refractivity contribution in [3.8, 4) is 0 Å². The number of aliphatic carboxylic acids is 3. The minimum atomic E-state index is -5.08. The number of carboxylic acid groups (broad SMARTS) is 3. The monoisotopic (exact) mass is 539 g/mol. The molecule has 0 heterocycles. The molecule has 16 heteroatoms. The zero-order chi connectivity index (χ0) is 18.2. The Labute approximate surface area is 129 Å². The average molecular weight is 539 g/mol. The van der Waals surface area contributed by atoms with Crippen molar-refractivity contribution in [3.05, 3.63) is 0 Å². The summed E-state index contributed by atoms with van der Waals surface area (Å²) in [5.74, 6) is -8.27. The van der Waals surface area contributed by atoms with Crippen LogP contribution in [0, 0.1) is 0 Å². The van der Waals surface area contributed by atoms with E-state index in [9.17, 15) is 39.5 Å². The summed E-state index contributed by atoms with van der Waals surface area (Å²) >= 11 is 0. The first-order valence-electron chi connectivity index (χ1n) is 3.73. The van der Waals surface area contributed by atoms with E-state index in [1.54, 1.807) is 0 Å². The molecule has 0 aliphatic heterocycles. The summed E-state index contributed by atoms with van der Waals surface area (Å²) in [7, 11) is 0. The second-order valence-electron chi connectivity index (χ2n) is 2.41. The first kappa shape index (κ1) is 28.6. The van der Waals surface area contributed by atoms with E-state index >= 15 is 0 Å². The molecule has 0 aromatic carbocycles. The van der Waals surface area contributed by atoms with Crippen molar-refractivity contribution in [2.24, 2.45) is 0 Å². The number of hydrogen-bond acceptors (Lipinski definition) is 3. The van der Waals surface area contributed by atoms with Crippen LogP contribution in [0.1, 0.15) is 0 Å². The second kappa shape index (κ2) is 10.3. The number of carboxylic acids is 3. The Hall–Kier alpha value is -1.48. The fraction of sp³-hybridized carbons (Fsp3) is 0.500. The third kappa shape index (κ3) is 20.8. The minimum absolute atomic E-state index is 0. The van der Waals surface area contributed by atoms with E-state index in [1.165, 1.54) is 0 Å². The third-order valence-corrected chi connectivity index (χ3v) is 0.728. The van der Waals surface area contributed by atoms with Crippen molar-refractivity contribution in [2.75, 3.05) is 0 Å². The second-order valence-corrected chi connectivity index (χ2v) is 2.41. The average Bonchev–Trinajstić information content (AvgIpc) is 2.14. The number of rotatable bonds is 0. The fourth-order valence-electron chi connectivity index (χ4n) is 0. The molecule has 0 atom stereocenters. The predicted molar refractivity (Wildman–Crippen MR) is 41.1 cm³/mol. The van der Waals surface area contributed by atoms with Gasteiger partial charge in [0, 0.05) is 22.4 Å². The van der Waals surface area contributed by atoms with Crippen molar-refractivity contribution in [1.82, 2.24) is 0 Å². The number of alkyl halides is 9. The maximum absolute atomic E-state index is 10.6. The summed E-state index contributed by atoms with van der Waals surface area (Å²) in [6.07, 6.45) is -15.3. The predicted octanol–water partition coefficient (Wildman–Crippen LogP) is 1.90. The van der Waals surface area contributed by atoms with Gasteiger partial charge in [0.05, 0.1) is 0 Å². The molecule has 0 bridgehead atoms. The van der Waals surface area contributed by atoms with Crippen molar-refractivity contribution < 1.29 is 91.6 Å². The summed E-state index contributed by atoms with van der Waals surface area (Å²) in [4.78, 5) is 26.7. The zero-order valence-electron chi connectivity index (χ0n) is 9.27. The SMILES string of the molecule is O=C(O)C(F)(F)F.O=C(O)C(F)(F)F.O=C(O)C(F)(F)F.[Au]. The first-order valence-corrected chi connectivity index (χ1v) is 3.73. The van der Waals surface area contributed by atoms with E-state index in [4.69, 9.17) is 29.7 Å². The molecule has 0 rings (SSSR count). The van der Waals surface area contributed by atoms with Crippen LogP contribution in [0.4, 0.5) is 39.5 Å². The maximum Gasteiger partial charge on any atom is 0.490 e. The minimum Gasteiger partial charge on any atom is -0.475 e. The summed E-state index contributed by atoms with van der Waals surface area (Å²) in [6.45, 7) is 0. The first-order chi connectivity index (χ1) is 8.83.